The van der Waals surface area contributed by atoms with Crippen LogP contribution in [-0.2, 0) is 65.4 Å². The van der Waals surface area contributed by atoms with Gasteiger partial charge in [-0.15, -0.1) is 0 Å². The summed E-state index contributed by atoms with van der Waals surface area (Å²) in [4.78, 5) is 73.2. The van der Waals surface area contributed by atoms with Gasteiger partial charge in [0.05, 0.1) is 26.4 Å². The molecule has 0 rings (SSSR count). The van der Waals surface area contributed by atoms with E-state index in [4.69, 9.17) is 37.0 Å². The molecule has 103 heavy (non-hydrogen) atoms. The predicted molar refractivity (Wildman–Crippen MR) is 423 cm³/mol. The average molecular weight is 1510 g/mol. The van der Waals surface area contributed by atoms with E-state index in [1.165, 1.54) is 263 Å². The molecule has 0 aliphatic carbocycles. The zero-order chi connectivity index (χ0) is 75.6. The summed E-state index contributed by atoms with van der Waals surface area (Å²) in [6.07, 6.45) is 66.5. The Balaban J connectivity index is 5.25. The maximum atomic E-state index is 13.1. The van der Waals surface area contributed by atoms with Gasteiger partial charge in [-0.2, -0.15) is 0 Å². The number of aliphatic hydroxyl groups excluding tert-OH is 1. The van der Waals surface area contributed by atoms with Gasteiger partial charge < -0.3 is 33.8 Å². The molecule has 612 valence electrons. The SMILES string of the molecule is CCCCCCCCCCCCCCCCCCCCCC(=O)O[C@H](COC(=O)CCCCCCCCCCCCCCCCCC(C)C)COP(=O)(O)OC[C@@H](O)COP(=O)(O)OC[C@@H](COC(=O)CCCCCCCCCCCCC)OC(=O)CCCCCCCCCCCCCCC(C)C. The third kappa shape index (κ3) is 78.0. The molecule has 5 atom stereocenters. The van der Waals surface area contributed by atoms with Crippen LogP contribution in [0.25, 0.3) is 0 Å². The Labute approximate surface area is 632 Å². The molecule has 3 N–H and O–H groups in total. The van der Waals surface area contributed by atoms with Crippen LogP contribution < -0.4 is 0 Å². The van der Waals surface area contributed by atoms with Crippen LogP contribution in [0.3, 0.4) is 0 Å². The highest BCUT2D eigenvalue weighted by Crippen LogP contribution is 2.45. The van der Waals surface area contributed by atoms with E-state index in [2.05, 4.69) is 41.5 Å². The van der Waals surface area contributed by atoms with Crippen molar-refractivity contribution in [2.75, 3.05) is 39.6 Å². The lowest BCUT2D eigenvalue weighted by Gasteiger charge is -2.21. The second kappa shape index (κ2) is 75.5. The van der Waals surface area contributed by atoms with Gasteiger partial charge in [0.15, 0.2) is 12.2 Å². The molecular formula is C84H164O17P2. The van der Waals surface area contributed by atoms with Crippen LogP contribution in [0.1, 0.15) is 446 Å². The molecule has 0 saturated heterocycles. The third-order valence-electron chi connectivity index (χ3n) is 19.7. The minimum absolute atomic E-state index is 0.107. The lowest BCUT2D eigenvalue weighted by molar-refractivity contribution is -0.161. The van der Waals surface area contributed by atoms with Gasteiger partial charge in [0.25, 0.3) is 0 Å². The first-order chi connectivity index (χ1) is 49.9. The third-order valence-corrected chi connectivity index (χ3v) is 21.6. The van der Waals surface area contributed by atoms with Crippen molar-refractivity contribution in [2.45, 2.75) is 464 Å². The minimum atomic E-state index is -4.96. The standard InChI is InChI=1S/C84H164O17P2/c1-7-9-11-13-15-17-19-20-21-22-23-24-27-31-38-44-50-56-62-68-83(88)100-80(73-95-82(87)67-61-55-49-43-37-30-28-25-26-29-35-40-46-52-58-64-76(3)4)75-99-103(92,93)97-71-78(85)70-96-102(90,91)98-74-79(72-94-81(86)66-60-54-48-42-34-18-16-14-12-10-8-2)101-84(89)69-63-57-51-45-39-33-32-36-41-47-53-59-65-77(5)6/h76-80,85H,7-75H2,1-6H3,(H,90,91)(H,92,93)/t78-,79+,80+/m0/s1. The van der Waals surface area contributed by atoms with Crippen molar-refractivity contribution in [2.24, 2.45) is 11.8 Å². The number of carbonyl (C=O) groups excluding carboxylic acids is 4. The van der Waals surface area contributed by atoms with E-state index < -0.39 is 97.5 Å². The fourth-order valence-electron chi connectivity index (χ4n) is 13.1. The molecular weight excluding hydrogens is 1340 g/mol. The maximum absolute atomic E-state index is 13.1. The van der Waals surface area contributed by atoms with Gasteiger partial charge in [-0.05, 0) is 37.5 Å². The van der Waals surface area contributed by atoms with Crippen molar-refractivity contribution in [1.29, 1.82) is 0 Å². The molecule has 0 bridgehead atoms. The predicted octanol–water partition coefficient (Wildman–Crippen LogP) is 25.5. The van der Waals surface area contributed by atoms with Crippen LogP contribution in [-0.4, -0.2) is 96.7 Å². The van der Waals surface area contributed by atoms with E-state index in [0.717, 1.165) is 102 Å². The zero-order valence-corrected chi connectivity index (χ0v) is 69.4. The number of hydrogen-bond donors (Lipinski definition) is 3. The van der Waals surface area contributed by atoms with E-state index in [9.17, 15) is 43.2 Å². The number of phosphoric ester groups is 2. The first-order valence-electron chi connectivity index (χ1n) is 43.5. The van der Waals surface area contributed by atoms with Gasteiger partial charge in [-0.3, -0.25) is 37.3 Å². The molecule has 0 aliphatic heterocycles. The molecule has 0 spiro atoms. The number of ether oxygens (including phenoxy) is 4. The highest BCUT2D eigenvalue weighted by Gasteiger charge is 2.30. The molecule has 0 heterocycles. The second-order valence-corrected chi connectivity index (χ2v) is 34.1. The Morgan fingerprint density at radius 1 is 0.262 bits per heavy atom. The smallest absolute Gasteiger partial charge is 0.462 e. The lowest BCUT2D eigenvalue weighted by atomic mass is 10.0. The Kier molecular flexibility index (Phi) is 74.1. The molecule has 0 aliphatic rings. The molecule has 0 aromatic rings. The molecule has 0 aromatic heterocycles. The van der Waals surface area contributed by atoms with Crippen molar-refractivity contribution in [3.63, 3.8) is 0 Å². The van der Waals surface area contributed by atoms with E-state index in [0.29, 0.717) is 25.7 Å². The summed E-state index contributed by atoms with van der Waals surface area (Å²) in [5, 5.41) is 10.7. The molecule has 0 amide bonds. The van der Waals surface area contributed by atoms with Crippen LogP contribution in [0, 0.1) is 11.8 Å². The Morgan fingerprint density at radius 3 is 0.660 bits per heavy atom. The van der Waals surface area contributed by atoms with Crippen LogP contribution in [0.4, 0.5) is 0 Å². The fourth-order valence-corrected chi connectivity index (χ4v) is 14.6. The summed E-state index contributed by atoms with van der Waals surface area (Å²) in [6, 6.07) is 0. The fraction of sp³-hybridized carbons (Fsp3) is 0.952. The van der Waals surface area contributed by atoms with Gasteiger partial charge in [-0.1, -0.05) is 395 Å². The van der Waals surface area contributed by atoms with Crippen molar-refractivity contribution >= 4 is 39.5 Å². The summed E-state index contributed by atoms with van der Waals surface area (Å²) < 4.78 is 68.8. The molecule has 0 saturated carbocycles. The van der Waals surface area contributed by atoms with E-state index in [1.54, 1.807) is 0 Å². The molecule has 0 aromatic carbocycles. The van der Waals surface area contributed by atoms with Gasteiger partial charge in [0.1, 0.15) is 19.3 Å². The normalized spacial score (nSPS) is 13.9. The van der Waals surface area contributed by atoms with Crippen molar-refractivity contribution in [3.8, 4) is 0 Å². The highest BCUT2D eigenvalue weighted by molar-refractivity contribution is 7.47. The van der Waals surface area contributed by atoms with E-state index in [-0.39, 0.29) is 25.7 Å². The summed E-state index contributed by atoms with van der Waals surface area (Å²) in [5.74, 6) is -0.520. The number of phosphoric acid groups is 2. The second-order valence-electron chi connectivity index (χ2n) is 31.2. The highest BCUT2D eigenvalue weighted by atomic mass is 31.2. The number of rotatable bonds is 83. The number of carbonyl (C=O) groups is 4. The molecule has 19 heteroatoms. The molecule has 0 fully saturated rings. The maximum Gasteiger partial charge on any atom is 0.472 e. The van der Waals surface area contributed by atoms with Crippen LogP contribution in [0.5, 0.6) is 0 Å². The summed E-state index contributed by atoms with van der Waals surface area (Å²) >= 11 is 0. The van der Waals surface area contributed by atoms with Crippen molar-refractivity contribution < 1.29 is 80.2 Å². The molecule has 0 radical (unpaired) electrons. The van der Waals surface area contributed by atoms with Crippen molar-refractivity contribution in [3.05, 3.63) is 0 Å². The quantitative estimate of drug-likeness (QED) is 0.0222. The first kappa shape index (κ1) is 101. The van der Waals surface area contributed by atoms with E-state index in [1.807, 2.05) is 0 Å². The zero-order valence-electron chi connectivity index (χ0n) is 67.6. The van der Waals surface area contributed by atoms with Gasteiger partial charge in [-0.25, -0.2) is 9.13 Å². The monoisotopic (exact) mass is 1510 g/mol. The number of aliphatic hydroxyl groups is 1. The summed E-state index contributed by atoms with van der Waals surface area (Å²) in [5.41, 5.74) is 0. The van der Waals surface area contributed by atoms with Crippen LogP contribution in [0.15, 0.2) is 0 Å². The average Bonchev–Trinajstić information content (AvgIpc) is 0.919. The molecule has 17 nitrogen and oxygen atoms in total. The molecule has 2 unspecified atom stereocenters. The lowest BCUT2D eigenvalue weighted by Crippen LogP contribution is -2.30. The Hall–Kier alpha value is -1.94. The van der Waals surface area contributed by atoms with Crippen molar-refractivity contribution in [1.82, 2.24) is 0 Å². The Morgan fingerprint density at radius 2 is 0.447 bits per heavy atom. The van der Waals surface area contributed by atoms with Crippen LogP contribution >= 0.6 is 15.6 Å². The number of hydrogen-bond acceptors (Lipinski definition) is 15. The van der Waals surface area contributed by atoms with Gasteiger partial charge in [0.2, 0.25) is 0 Å². The number of esters is 4. The summed E-state index contributed by atoms with van der Waals surface area (Å²) in [6.45, 7) is 9.69. The minimum Gasteiger partial charge on any atom is -0.462 e. The Bertz CT molecular complexity index is 1980. The van der Waals surface area contributed by atoms with Gasteiger partial charge >= 0.3 is 39.5 Å². The topological polar surface area (TPSA) is 237 Å². The van der Waals surface area contributed by atoms with Gasteiger partial charge in [0, 0.05) is 25.7 Å². The largest absolute Gasteiger partial charge is 0.472 e. The van der Waals surface area contributed by atoms with E-state index >= 15 is 0 Å². The van der Waals surface area contributed by atoms with Crippen LogP contribution in [0.2, 0.25) is 0 Å². The summed E-state index contributed by atoms with van der Waals surface area (Å²) in [7, 11) is -9.92. The number of unbranched alkanes of at least 4 members (excludes halogenated alkanes) is 53. The first-order valence-corrected chi connectivity index (χ1v) is 46.5.